The third-order valence-electron chi connectivity index (χ3n) is 5.89. The number of anilines is 5. The first-order valence-corrected chi connectivity index (χ1v) is 14.8. The molecular weight excluding hydrogens is 572 g/mol. The minimum Gasteiger partial charge on any atom is -0.497 e. The second kappa shape index (κ2) is 13.5. The molecule has 1 atom stereocenters. The number of carbonyl (C=O) groups is 2. The molecule has 0 saturated heterocycles. The maximum atomic E-state index is 13.5. The molecule has 0 aliphatic rings. The molecule has 4 rings (SSSR count). The van der Waals surface area contributed by atoms with Crippen molar-refractivity contribution < 1.29 is 22.7 Å². The molecule has 0 radical (unpaired) electrons. The van der Waals surface area contributed by atoms with Gasteiger partial charge in [0.1, 0.15) is 5.75 Å². The summed E-state index contributed by atoms with van der Waals surface area (Å²) in [6, 6.07) is 17.5. The van der Waals surface area contributed by atoms with Gasteiger partial charge in [0.15, 0.2) is 11.6 Å². The van der Waals surface area contributed by atoms with Crippen molar-refractivity contribution in [2.45, 2.75) is 24.3 Å². The number of nitrogens with zero attached hydrogens (tertiary/aromatic N) is 3. The Kier molecular flexibility index (Phi) is 9.75. The number of rotatable bonds is 12. The third-order valence-corrected chi connectivity index (χ3v) is 7.22. The van der Waals surface area contributed by atoms with Gasteiger partial charge in [-0.1, -0.05) is 18.2 Å². The van der Waals surface area contributed by atoms with Crippen molar-refractivity contribution in [1.29, 1.82) is 0 Å². The Labute approximate surface area is 249 Å². The van der Waals surface area contributed by atoms with Gasteiger partial charge in [-0.15, -0.1) is 0 Å². The number of hydrogen-bond acceptors (Lipinski definition) is 10. The predicted molar refractivity (Wildman–Crippen MR) is 167 cm³/mol. The molecule has 3 aromatic carbocycles. The number of aromatic nitrogens is 2. The largest absolute Gasteiger partial charge is 0.497 e. The van der Waals surface area contributed by atoms with Crippen LogP contribution >= 0.6 is 0 Å². The number of sulfonamides is 1. The molecule has 0 fully saturated rings. The van der Waals surface area contributed by atoms with Crippen LogP contribution in [0.5, 0.6) is 5.75 Å². The summed E-state index contributed by atoms with van der Waals surface area (Å²) in [5.41, 5.74) is 7.91. The summed E-state index contributed by atoms with van der Waals surface area (Å²) < 4.78 is 35.0. The van der Waals surface area contributed by atoms with Crippen molar-refractivity contribution in [3.8, 4) is 5.75 Å². The standard InChI is InChI=1S/C29H34N8O5S/c1-18(30)12-26(38)31-19-8-7-9-23(16-19)43(40,41)36-29-28(34-24-10-5-6-11-25(24)35-29)33-21-13-20(14-22(15-21)42-4)32-27(39)17-37(2)3/h5-11,13-16,18H,12,17,30H2,1-4H3,(H,31,38)(H,32,39)(H,33,34)(H,35,36). The third kappa shape index (κ3) is 8.61. The summed E-state index contributed by atoms with van der Waals surface area (Å²) in [6.07, 6.45) is 0.0856. The lowest BCUT2D eigenvalue weighted by Crippen LogP contribution is -2.27. The zero-order valence-electron chi connectivity index (χ0n) is 24.2. The molecule has 14 heteroatoms. The first kappa shape index (κ1) is 31.2. The summed E-state index contributed by atoms with van der Waals surface area (Å²) in [6.45, 7) is 1.88. The molecule has 0 bridgehead atoms. The normalized spacial score (nSPS) is 12.0. The van der Waals surface area contributed by atoms with E-state index in [-0.39, 0.29) is 47.4 Å². The van der Waals surface area contributed by atoms with E-state index in [9.17, 15) is 18.0 Å². The van der Waals surface area contributed by atoms with Gasteiger partial charge in [-0.25, -0.2) is 18.4 Å². The van der Waals surface area contributed by atoms with E-state index < -0.39 is 10.0 Å². The average Bonchev–Trinajstić information content (AvgIpc) is 2.92. The van der Waals surface area contributed by atoms with Crippen LogP contribution in [-0.4, -0.2) is 68.9 Å². The molecule has 1 heterocycles. The van der Waals surface area contributed by atoms with E-state index in [1.165, 1.54) is 25.3 Å². The minimum atomic E-state index is -4.18. The summed E-state index contributed by atoms with van der Waals surface area (Å²) in [7, 11) is 0.883. The van der Waals surface area contributed by atoms with E-state index in [1.54, 1.807) is 74.4 Å². The number of nitrogens with two attached hydrogens (primary N) is 1. The van der Waals surface area contributed by atoms with Gasteiger partial charge in [-0.3, -0.25) is 14.3 Å². The highest BCUT2D eigenvalue weighted by atomic mass is 32.2. The van der Waals surface area contributed by atoms with Gasteiger partial charge in [0.2, 0.25) is 11.8 Å². The number of methoxy groups -OCH3 is 1. The van der Waals surface area contributed by atoms with Gasteiger partial charge in [0.05, 0.1) is 29.6 Å². The SMILES string of the molecule is COc1cc(NC(=O)CN(C)C)cc(Nc2nc3ccccc3nc2NS(=O)(=O)c2cccc(NC(=O)CC(C)N)c2)c1. The first-order chi connectivity index (χ1) is 20.4. The predicted octanol–water partition coefficient (Wildman–Crippen LogP) is 3.36. The maximum absolute atomic E-state index is 13.5. The minimum absolute atomic E-state index is 0.0638. The lowest BCUT2D eigenvalue weighted by atomic mass is 10.2. The number of hydrogen-bond donors (Lipinski definition) is 5. The van der Waals surface area contributed by atoms with E-state index >= 15 is 0 Å². The summed E-state index contributed by atoms with van der Waals surface area (Å²) in [5, 5.41) is 8.60. The number of fused-ring (bicyclic) bond motifs is 1. The molecule has 6 N–H and O–H groups in total. The quantitative estimate of drug-likeness (QED) is 0.160. The summed E-state index contributed by atoms with van der Waals surface area (Å²) in [5.74, 6) is -0.0587. The van der Waals surface area contributed by atoms with Crippen LogP contribution in [0.4, 0.5) is 28.7 Å². The fraction of sp³-hybridized carbons (Fsp3) is 0.241. The second-order valence-electron chi connectivity index (χ2n) is 10.1. The Morgan fingerprint density at radius 2 is 1.53 bits per heavy atom. The van der Waals surface area contributed by atoms with Gasteiger partial charge in [0, 0.05) is 41.7 Å². The van der Waals surface area contributed by atoms with E-state index in [2.05, 4.69) is 30.6 Å². The van der Waals surface area contributed by atoms with Crippen molar-refractivity contribution in [1.82, 2.24) is 14.9 Å². The van der Waals surface area contributed by atoms with Gasteiger partial charge in [0.25, 0.3) is 10.0 Å². The van der Waals surface area contributed by atoms with Gasteiger partial charge < -0.3 is 31.3 Å². The Hall–Kier alpha value is -4.79. The number of amides is 2. The Bertz CT molecular complexity index is 1740. The van der Waals surface area contributed by atoms with Crippen LogP contribution in [0, 0.1) is 0 Å². The number of para-hydroxylation sites is 2. The molecule has 1 unspecified atom stereocenters. The number of nitrogens with one attached hydrogen (secondary N) is 4. The fourth-order valence-electron chi connectivity index (χ4n) is 4.08. The first-order valence-electron chi connectivity index (χ1n) is 13.3. The van der Waals surface area contributed by atoms with Crippen LogP contribution < -0.4 is 31.1 Å². The molecule has 0 aliphatic heterocycles. The van der Waals surface area contributed by atoms with Crippen molar-refractivity contribution in [3.05, 3.63) is 66.7 Å². The number of likely N-dealkylation sites (N-methyl/N-ethyl adjacent to an activating group) is 1. The average molecular weight is 607 g/mol. The fourth-order valence-corrected chi connectivity index (χ4v) is 5.13. The van der Waals surface area contributed by atoms with Crippen molar-refractivity contribution in [2.24, 2.45) is 5.73 Å². The highest BCUT2D eigenvalue weighted by molar-refractivity contribution is 7.92. The molecule has 43 heavy (non-hydrogen) atoms. The number of benzene rings is 3. The maximum Gasteiger partial charge on any atom is 0.263 e. The number of ether oxygens (including phenoxy) is 1. The topological polar surface area (TPSA) is 181 Å². The van der Waals surface area contributed by atoms with Crippen molar-refractivity contribution >= 4 is 61.6 Å². The van der Waals surface area contributed by atoms with Crippen LogP contribution in [0.3, 0.4) is 0 Å². The molecule has 2 amide bonds. The Balaban J connectivity index is 1.68. The molecule has 0 aliphatic carbocycles. The van der Waals surface area contributed by atoms with Gasteiger partial charge >= 0.3 is 0 Å². The monoisotopic (exact) mass is 606 g/mol. The highest BCUT2D eigenvalue weighted by Gasteiger charge is 2.20. The van der Waals surface area contributed by atoms with Crippen LogP contribution in [-0.2, 0) is 19.6 Å². The van der Waals surface area contributed by atoms with Crippen molar-refractivity contribution in [3.63, 3.8) is 0 Å². The molecule has 0 spiro atoms. The van der Waals surface area contributed by atoms with Crippen LogP contribution in [0.25, 0.3) is 11.0 Å². The Morgan fingerprint density at radius 3 is 2.19 bits per heavy atom. The smallest absolute Gasteiger partial charge is 0.263 e. The Morgan fingerprint density at radius 1 is 0.884 bits per heavy atom. The van der Waals surface area contributed by atoms with Crippen molar-refractivity contribution in [2.75, 3.05) is 48.4 Å². The molecule has 1 aromatic heterocycles. The lowest BCUT2D eigenvalue weighted by molar-refractivity contribution is -0.117. The number of carbonyl (C=O) groups excluding carboxylic acids is 2. The van der Waals surface area contributed by atoms with Gasteiger partial charge in [-0.2, -0.15) is 0 Å². The van der Waals surface area contributed by atoms with E-state index in [0.717, 1.165) is 0 Å². The molecule has 13 nitrogen and oxygen atoms in total. The van der Waals surface area contributed by atoms with E-state index in [1.807, 2.05) is 0 Å². The highest BCUT2D eigenvalue weighted by Crippen LogP contribution is 2.31. The molecule has 226 valence electrons. The molecule has 0 saturated carbocycles. The van der Waals surface area contributed by atoms with E-state index in [0.29, 0.717) is 33.8 Å². The molecule has 4 aromatic rings. The lowest BCUT2D eigenvalue weighted by Gasteiger charge is -2.16. The second-order valence-corrected chi connectivity index (χ2v) is 11.8. The summed E-state index contributed by atoms with van der Waals surface area (Å²) >= 11 is 0. The van der Waals surface area contributed by atoms with Crippen LogP contribution in [0.15, 0.2) is 71.6 Å². The zero-order chi connectivity index (χ0) is 31.1. The molecular formula is C29H34N8O5S. The zero-order valence-corrected chi connectivity index (χ0v) is 25.0. The van der Waals surface area contributed by atoms with Crippen LogP contribution in [0.1, 0.15) is 13.3 Å². The van der Waals surface area contributed by atoms with Gasteiger partial charge in [-0.05, 0) is 57.4 Å². The summed E-state index contributed by atoms with van der Waals surface area (Å²) in [4.78, 5) is 35.3. The van der Waals surface area contributed by atoms with Crippen LogP contribution in [0.2, 0.25) is 0 Å². The van der Waals surface area contributed by atoms with E-state index in [4.69, 9.17) is 10.5 Å².